The van der Waals surface area contributed by atoms with Crippen molar-refractivity contribution in [3.8, 4) is 0 Å². The number of oxime groups is 1. The van der Waals surface area contributed by atoms with Gasteiger partial charge in [-0.05, 0) is 41.2 Å². The summed E-state index contributed by atoms with van der Waals surface area (Å²) in [5, 5.41) is 13.0. The van der Waals surface area contributed by atoms with Gasteiger partial charge in [-0.1, -0.05) is 5.16 Å². The van der Waals surface area contributed by atoms with Crippen LogP contribution in [-0.4, -0.2) is 25.0 Å². The molecule has 1 rings (SSSR count). The van der Waals surface area contributed by atoms with Crippen LogP contribution in [0.3, 0.4) is 0 Å². The third kappa shape index (κ3) is 3.18. The van der Waals surface area contributed by atoms with E-state index in [9.17, 15) is 8.42 Å². The highest BCUT2D eigenvalue weighted by atomic mass is 79.9. The van der Waals surface area contributed by atoms with Crippen LogP contribution < -0.4 is 10.5 Å². The number of thiophene rings is 1. The smallest absolute Gasteiger partial charge is 0.252 e. The molecule has 0 fully saturated rings. The predicted molar refractivity (Wildman–Crippen MR) is 69.8 cm³/mol. The highest BCUT2D eigenvalue weighted by Gasteiger charge is 2.31. The van der Waals surface area contributed by atoms with E-state index in [2.05, 4.69) is 25.8 Å². The summed E-state index contributed by atoms with van der Waals surface area (Å²) in [5.74, 6) is -0.214. The highest BCUT2D eigenvalue weighted by Crippen LogP contribution is 2.28. The maximum absolute atomic E-state index is 12.0. The van der Waals surface area contributed by atoms with E-state index in [0.717, 1.165) is 11.3 Å². The molecular formula is C8H12BrN3O3S2. The van der Waals surface area contributed by atoms with Gasteiger partial charge in [0, 0.05) is 4.47 Å². The van der Waals surface area contributed by atoms with Crippen LogP contribution in [0.5, 0.6) is 0 Å². The van der Waals surface area contributed by atoms with E-state index in [-0.39, 0.29) is 10.0 Å². The number of nitrogens with one attached hydrogen (secondary N) is 1. The lowest BCUT2D eigenvalue weighted by molar-refractivity contribution is 0.312. The van der Waals surface area contributed by atoms with E-state index in [1.165, 1.54) is 13.8 Å². The van der Waals surface area contributed by atoms with E-state index >= 15 is 0 Å². The first-order valence-electron chi connectivity index (χ1n) is 4.45. The Morgan fingerprint density at radius 3 is 2.65 bits per heavy atom. The third-order valence-electron chi connectivity index (χ3n) is 1.97. The molecule has 0 unspecified atom stereocenters. The van der Waals surface area contributed by atoms with Gasteiger partial charge >= 0.3 is 0 Å². The molecule has 0 aliphatic carbocycles. The first-order valence-corrected chi connectivity index (χ1v) is 7.61. The summed E-state index contributed by atoms with van der Waals surface area (Å²) in [7, 11) is -3.71. The first kappa shape index (κ1) is 14.4. The summed E-state index contributed by atoms with van der Waals surface area (Å²) in [6.45, 7) is 3.00. The molecule has 0 spiro atoms. The minimum Gasteiger partial charge on any atom is -0.409 e. The zero-order chi connectivity index (χ0) is 13.3. The highest BCUT2D eigenvalue weighted by molar-refractivity contribution is 9.10. The number of halogens is 1. The molecule has 0 radical (unpaired) electrons. The summed E-state index contributed by atoms with van der Waals surface area (Å²) in [4.78, 5) is 0. The molecule has 0 aromatic carbocycles. The van der Waals surface area contributed by atoms with Crippen molar-refractivity contribution in [2.45, 2.75) is 23.6 Å². The maximum Gasteiger partial charge on any atom is 0.252 e. The molecule has 1 aromatic heterocycles. The summed E-state index contributed by atoms with van der Waals surface area (Å²) < 4.78 is 27.0. The Balaban J connectivity index is 3.08. The van der Waals surface area contributed by atoms with Gasteiger partial charge in [0.2, 0.25) is 0 Å². The summed E-state index contributed by atoms with van der Waals surface area (Å²) in [6, 6.07) is 1.63. The molecule has 0 aliphatic heterocycles. The van der Waals surface area contributed by atoms with Gasteiger partial charge in [-0.15, -0.1) is 11.3 Å². The second-order valence-electron chi connectivity index (χ2n) is 3.77. The average Bonchev–Trinajstić information content (AvgIpc) is 2.62. The van der Waals surface area contributed by atoms with Crippen molar-refractivity contribution in [2.75, 3.05) is 0 Å². The zero-order valence-electron chi connectivity index (χ0n) is 9.14. The van der Waals surface area contributed by atoms with Gasteiger partial charge in [0.25, 0.3) is 10.0 Å². The molecule has 0 saturated carbocycles. The Morgan fingerprint density at radius 1 is 1.65 bits per heavy atom. The van der Waals surface area contributed by atoms with Crippen LogP contribution in [0, 0.1) is 0 Å². The van der Waals surface area contributed by atoms with Crippen molar-refractivity contribution < 1.29 is 13.6 Å². The van der Waals surface area contributed by atoms with Gasteiger partial charge < -0.3 is 10.9 Å². The summed E-state index contributed by atoms with van der Waals surface area (Å²) in [6.07, 6.45) is 0. The normalized spacial score (nSPS) is 13.9. The van der Waals surface area contributed by atoms with Gasteiger partial charge in [0.05, 0.1) is 5.54 Å². The van der Waals surface area contributed by atoms with E-state index in [1.54, 1.807) is 11.4 Å². The molecule has 1 heterocycles. The zero-order valence-corrected chi connectivity index (χ0v) is 12.4. The molecule has 17 heavy (non-hydrogen) atoms. The fourth-order valence-electron chi connectivity index (χ4n) is 1.03. The van der Waals surface area contributed by atoms with Gasteiger partial charge in [-0.25, -0.2) is 8.42 Å². The van der Waals surface area contributed by atoms with Crippen LogP contribution in [0.15, 0.2) is 25.3 Å². The Kier molecular flexibility index (Phi) is 4.18. The molecule has 6 nitrogen and oxygen atoms in total. The van der Waals surface area contributed by atoms with Gasteiger partial charge in [0.1, 0.15) is 4.21 Å². The second kappa shape index (κ2) is 4.92. The second-order valence-corrected chi connectivity index (χ2v) is 7.42. The fourth-order valence-corrected chi connectivity index (χ4v) is 4.76. The molecule has 0 amide bonds. The molecular weight excluding hydrogens is 330 g/mol. The Morgan fingerprint density at radius 2 is 2.24 bits per heavy atom. The maximum atomic E-state index is 12.0. The number of hydrogen-bond acceptors (Lipinski definition) is 5. The molecule has 0 atom stereocenters. The standard InChI is InChI=1S/C8H12BrN3O3S2/c1-8(2,7(10)11-13)12-17(14,15)6-5(9)3-4-16-6/h3-4,12-13H,1-2H3,(H2,10,11). The monoisotopic (exact) mass is 341 g/mol. The van der Waals surface area contributed by atoms with Crippen molar-refractivity contribution in [1.29, 1.82) is 0 Å². The number of hydrogen-bond donors (Lipinski definition) is 3. The topological polar surface area (TPSA) is 105 Å². The van der Waals surface area contributed by atoms with Gasteiger partial charge in [-0.3, -0.25) is 0 Å². The molecule has 4 N–H and O–H groups in total. The minimum absolute atomic E-state index is 0.149. The number of amidine groups is 1. The SMILES string of the molecule is CC(C)(NS(=O)(=O)c1sccc1Br)C(N)=NO. The quantitative estimate of drug-likeness (QED) is 0.332. The largest absolute Gasteiger partial charge is 0.409 e. The van der Waals surface area contributed by atoms with Crippen molar-refractivity contribution in [2.24, 2.45) is 10.9 Å². The van der Waals surface area contributed by atoms with Crippen LogP contribution in [0.2, 0.25) is 0 Å². The fraction of sp³-hybridized carbons (Fsp3) is 0.375. The lowest BCUT2D eigenvalue weighted by atomic mass is 10.1. The van der Waals surface area contributed by atoms with Crippen molar-refractivity contribution in [3.63, 3.8) is 0 Å². The number of nitrogens with two attached hydrogens (primary N) is 1. The van der Waals surface area contributed by atoms with Crippen LogP contribution >= 0.6 is 27.3 Å². The van der Waals surface area contributed by atoms with Crippen molar-refractivity contribution in [3.05, 3.63) is 15.9 Å². The lowest BCUT2D eigenvalue weighted by Gasteiger charge is -2.23. The summed E-state index contributed by atoms with van der Waals surface area (Å²) >= 11 is 4.22. The predicted octanol–water partition coefficient (Wildman–Crippen LogP) is 1.31. The van der Waals surface area contributed by atoms with E-state index in [1.807, 2.05) is 0 Å². The summed E-state index contributed by atoms with van der Waals surface area (Å²) in [5.41, 5.74) is 4.24. The van der Waals surface area contributed by atoms with Crippen LogP contribution in [0.4, 0.5) is 0 Å². The molecule has 0 saturated heterocycles. The third-order valence-corrected chi connectivity index (χ3v) is 6.29. The van der Waals surface area contributed by atoms with E-state index in [4.69, 9.17) is 10.9 Å². The van der Waals surface area contributed by atoms with Crippen LogP contribution in [0.25, 0.3) is 0 Å². The van der Waals surface area contributed by atoms with Gasteiger partial charge in [-0.2, -0.15) is 4.72 Å². The van der Waals surface area contributed by atoms with Crippen LogP contribution in [0.1, 0.15) is 13.8 Å². The number of nitrogens with zero attached hydrogens (tertiary/aromatic N) is 1. The van der Waals surface area contributed by atoms with E-state index in [0.29, 0.717) is 4.47 Å². The minimum atomic E-state index is -3.71. The molecule has 0 bridgehead atoms. The first-order chi connectivity index (χ1) is 7.70. The molecule has 9 heteroatoms. The molecule has 1 aromatic rings. The van der Waals surface area contributed by atoms with Gasteiger partial charge in [0.15, 0.2) is 5.84 Å². The van der Waals surface area contributed by atoms with Crippen molar-refractivity contribution in [1.82, 2.24) is 4.72 Å². The Hall–Kier alpha value is -0.640. The molecule has 0 aliphatic rings. The molecule has 96 valence electrons. The Labute approximate surface area is 112 Å². The Bertz CT molecular complexity index is 536. The lowest BCUT2D eigenvalue weighted by Crippen LogP contribution is -2.52. The van der Waals surface area contributed by atoms with Crippen molar-refractivity contribution >= 4 is 43.1 Å². The number of rotatable bonds is 4. The average molecular weight is 342 g/mol. The van der Waals surface area contributed by atoms with Crippen LogP contribution in [-0.2, 0) is 10.0 Å². The number of sulfonamides is 1. The van der Waals surface area contributed by atoms with E-state index < -0.39 is 15.6 Å².